The van der Waals surface area contributed by atoms with Gasteiger partial charge in [-0.05, 0) is 61.4 Å². The zero-order valence-electron chi connectivity index (χ0n) is 29.2. The summed E-state index contributed by atoms with van der Waals surface area (Å²) in [6.45, 7) is 2.74. The minimum Gasteiger partial charge on any atom is -0.497 e. The number of rotatable bonds is 16. The summed E-state index contributed by atoms with van der Waals surface area (Å²) in [7, 11) is 1.10. The average molecular weight is 759 g/mol. The third-order valence-electron chi connectivity index (χ3n) is 7.93. The highest BCUT2D eigenvalue weighted by atomic mass is 35.5. The third kappa shape index (κ3) is 9.57. The molecular formula is C37H41Cl2N3O8S. The number of nitrogens with zero attached hydrogens (tertiary/aromatic N) is 2. The van der Waals surface area contributed by atoms with Gasteiger partial charge in [0.05, 0.1) is 39.0 Å². The summed E-state index contributed by atoms with van der Waals surface area (Å²) in [6, 6.07) is 21.4. The van der Waals surface area contributed by atoms with E-state index in [9.17, 15) is 18.0 Å². The summed E-state index contributed by atoms with van der Waals surface area (Å²) in [5.41, 5.74) is 1.31. The molecule has 0 saturated heterocycles. The lowest BCUT2D eigenvalue weighted by atomic mass is 10.0. The van der Waals surface area contributed by atoms with Crippen LogP contribution in [0.2, 0.25) is 10.0 Å². The Morgan fingerprint density at radius 2 is 1.45 bits per heavy atom. The van der Waals surface area contributed by atoms with Crippen LogP contribution in [0, 0.1) is 0 Å². The van der Waals surface area contributed by atoms with Gasteiger partial charge in [-0.25, -0.2) is 8.42 Å². The van der Waals surface area contributed by atoms with Crippen LogP contribution >= 0.6 is 23.2 Å². The van der Waals surface area contributed by atoms with Gasteiger partial charge in [-0.2, -0.15) is 0 Å². The molecule has 0 unspecified atom stereocenters. The van der Waals surface area contributed by atoms with E-state index >= 15 is 0 Å². The molecule has 272 valence electrons. The van der Waals surface area contributed by atoms with Crippen molar-refractivity contribution in [3.8, 4) is 23.0 Å². The molecule has 1 atom stereocenters. The van der Waals surface area contributed by atoms with Gasteiger partial charge in [-0.1, -0.05) is 59.6 Å². The first kappa shape index (κ1) is 39.1. The second kappa shape index (κ2) is 17.5. The molecule has 51 heavy (non-hydrogen) atoms. The van der Waals surface area contributed by atoms with E-state index in [-0.39, 0.29) is 46.1 Å². The summed E-state index contributed by atoms with van der Waals surface area (Å²) in [5.74, 6) is -0.193. The van der Waals surface area contributed by atoms with Crippen molar-refractivity contribution in [1.29, 1.82) is 0 Å². The van der Waals surface area contributed by atoms with E-state index in [4.69, 9.17) is 42.1 Å². The third-order valence-corrected chi connectivity index (χ3v) is 10.3. The summed E-state index contributed by atoms with van der Waals surface area (Å²) in [6.07, 6.45) is 0.126. The second-order valence-corrected chi connectivity index (χ2v) is 14.4. The van der Waals surface area contributed by atoms with Gasteiger partial charge in [0.2, 0.25) is 11.8 Å². The fourth-order valence-corrected chi connectivity index (χ4v) is 7.28. The van der Waals surface area contributed by atoms with Crippen LogP contribution in [0.15, 0.2) is 89.8 Å². The van der Waals surface area contributed by atoms with Gasteiger partial charge in [0.15, 0.2) is 11.5 Å². The number of hydrogen-bond acceptors (Lipinski definition) is 8. The van der Waals surface area contributed by atoms with E-state index in [1.54, 1.807) is 18.2 Å². The number of anilines is 1. The van der Waals surface area contributed by atoms with Crippen LogP contribution in [0.5, 0.6) is 23.0 Å². The molecule has 1 N–H and O–H groups in total. The smallest absolute Gasteiger partial charge is 0.265 e. The van der Waals surface area contributed by atoms with Crippen LogP contribution in [0.1, 0.15) is 25.0 Å². The van der Waals surface area contributed by atoms with Crippen molar-refractivity contribution >= 4 is 50.7 Å². The molecule has 2 amide bonds. The number of benzene rings is 4. The Kier molecular flexibility index (Phi) is 13.4. The van der Waals surface area contributed by atoms with Crippen molar-refractivity contribution < 1.29 is 37.0 Å². The number of nitrogens with one attached hydrogen (secondary N) is 1. The number of methoxy groups -OCH3 is 4. The van der Waals surface area contributed by atoms with Crippen molar-refractivity contribution in [2.24, 2.45) is 0 Å². The maximum absolute atomic E-state index is 14.8. The molecule has 0 aromatic heterocycles. The van der Waals surface area contributed by atoms with Gasteiger partial charge in [-0.3, -0.25) is 13.9 Å². The van der Waals surface area contributed by atoms with E-state index in [1.807, 2.05) is 44.2 Å². The van der Waals surface area contributed by atoms with Gasteiger partial charge in [0.1, 0.15) is 24.1 Å². The van der Waals surface area contributed by atoms with E-state index in [2.05, 4.69) is 5.32 Å². The monoisotopic (exact) mass is 757 g/mol. The molecule has 0 saturated carbocycles. The van der Waals surface area contributed by atoms with E-state index in [0.717, 1.165) is 9.87 Å². The van der Waals surface area contributed by atoms with Crippen molar-refractivity contribution in [2.45, 2.75) is 43.8 Å². The van der Waals surface area contributed by atoms with Crippen molar-refractivity contribution in [3.63, 3.8) is 0 Å². The Balaban J connectivity index is 1.92. The Morgan fingerprint density at radius 3 is 2.06 bits per heavy atom. The van der Waals surface area contributed by atoms with Crippen molar-refractivity contribution in [3.05, 3.63) is 106 Å². The highest BCUT2D eigenvalue weighted by Crippen LogP contribution is 2.38. The molecule has 4 rings (SSSR count). The molecule has 0 aliphatic heterocycles. The topological polar surface area (TPSA) is 124 Å². The zero-order valence-corrected chi connectivity index (χ0v) is 31.5. The Bertz CT molecular complexity index is 1940. The van der Waals surface area contributed by atoms with Crippen LogP contribution in [0.3, 0.4) is 0 Å². The largest absolute Gasteiger partial charge is 0.497 e. The molecule has 0 heterocycles. The van der Waals surface area contributed by atoms with E-state index < -0.39 is 34.4 Å². The quantitative estimate of drug-likeness (QED) is 0.140. The maximum Gasteiger partial charge on any atom is 0.265 e. The molecule has 0 spiro atoms. The first-order valence-electron chi connectivity index (χ1n) is 15.9. The Labute approximate surface area is 309 Å². The predicted octanol–water partition coefficient (Wildman–Crippen LogP) is 6.39. The molecule has 0 radical (unpaired) electrons. The molecule has 0 aliphatic carbocycles. The van der Waals surface area contributed by atoms with Crippen molar-refractivity contribution in [1.82, 2.24) is 10.2 Å². The summed E-state index contributed by atoms with van der Waals surface area (Å²) in [5, 5.41) is 3.58. The van der Waals surface area contributed by atoms with Crippen LogP contribution in [0.4, 0.5) is 5.69 Å². The van der Waals surface area contributed by atoms with Crippen molar-refractivity contribution in [2.75, 3.05) is 39.3 Å². The Hall–Kier alpha value is -4.65. The number of carbonyl (C=O) groups excluding carboxylic acids is 2. The molecule has 11 nitrogen and oxygen atoms in total. The highest BCUT2D eigenvalue weighted by molar-refractivity contribution is 7.92. The zero-order chi connectivity index (χ0) is 37.3. The molecule has 0 bridgehead atoms. The first-order valence-corrected chi connectivity index (χ1v) is 18.1. The summed E-state index contributed by atoms with van der Waals surface area (Å²) in [4.78, 5) is 30.0. The first-order chi connectivity index (χ1) is 24.3. The molecular weight excluding hydrogens is 717 g/mol. The van der Waals surface area contributed by atoms with E-state index in [0.29, 0.717) is 22.1 Å². The minimum absolute atomic E-state index is 0.0238. The van der Waals surface area contributed by atoms with Crippen LogP contribution < -0.4 is 28.6 Å². The lowest BCUT2D eigenvalue weighted by Crippen LogP contribution is -2.54. The molecule has 4 aromatic rings. The maximum atomic E-state index is 14.8. The lowest BCUT2D eigenvalue weighted by Gasteiger charge is -2.34. The average Bonchev–Trinajstić information content (AvgIpc) is 3.12. The number of hydrogen-bond donors (Lipinski definition) is 1. The van der Waals surface area contributed by atoms with Gasteiger partial charge in [0, 0.05) is 41.2 Å². The standard InChI is InChI=1S/C37H41Cl2N3O8S/c1-24(2)40-37(44)32(18-25-10-8-7-9-11-25)41(22-26-12-13-27(38)19-30(26)39)36(43)23-42(31-20-28(47-3)14-16-33(31)48-4)51(45,46)29-15-17-34(49-5)35(21-29)50-6/h7-17,19-21,24,32H,18,22-23H2,1-6H3,(H,40,44)/t32-/m0/s1. The SMILES string of the molecule is COc1ccc(OC)c(N(CC(=O)N(Cc2ccc(Cl)cc2Cl)[C@@H](Cc2ccccc2)C(=O)NC(C)C)S(=O)(=O)c2ccc(OC)c(OC)c2)c1. The molecule has 0 aliphatic rings. The highest BCUT2D eigenvalue weighted by Gasteiger charge is 2.36. The predicted molar refractivity (Wildman–Crippen MR) is 198 cm³/mol. The van der Waals surface area contributed by atoms with E-state index in [1.165, 1.54) is 69.7 Å². The number of ether oxygens (including phenoxy) is 4. The Morgan fingerprint density at radius 1 is 0.784 bits per heavy atom. The number of sulfonamides is 1. The number of halogens is 2. The normalized spacial score (nSPS) is 11.8. The number of amides is 2. The van der Waals surface area contributed by atoms with Crippen LogP contribution in [0.25, 0.3) is 0 Å². The van der Waals surface area contributed by atoms with Crippen LogP contribution in [-0.4, -0.2) is 72.2 Å². The minimum atomic E-state index is -4.54. The molecule has 4 aromatic carbocycles. The second-order valence-electron chi connectivity index (χ2n) is 11.7. The fourth-order valence-electron chi connectivity index (χ4n) is 5.38. The van der Waals surface area contributed by atoms with Gasteiger partial charge < -0.3 is 29.2 Å². The van der Waals surface area contributed by atoms with Crippen LogP contribution in [-0.2, 0) is 32.6 Å². The van der Waals surface area contributed by atoms with Gasteiger partial charge in [-0.15, -0.1) is 0 Å². The fraction of sp³-hybridized carbons (Fsp3) is 0.297. The molecule has 14 heteroatoms. The van der Waals surface area contributed by atoms with Gasteiger partial charge in [0.25, 0.3) is 10.0 Å². The molecule has 0 fully saturated rings. The summed E-state index contributed by atoms with van der Waals surface area (Å²) < 4.78 is 52.0. The summed E-state index contributed by atoms with van der Waals surface area (Å²) >= 11 is 12.8. The number of carbonyl (C=O) groups is 2. The van der Waals surface area contributed by atoms with Gasteiger partial charge >= 0.3 is 0 Å². The lowest BCUT2D eigenvalue weighted by molar-refractivity contribution is -0.140.